The van der Waals surface area contributed by atoms with E-state index >= 15 is 0 Å². The van der Waals surface area contributed by atoms with Gasteiger partial charge in [-0.15, -0.1) is 11.3 Å². The van der Waals surface area contributed by atoms with Gasteiger partial charge in [0.15, 0.2) is 0 Å². The van der Waals surface area contributed by atoms with E-state index in [9.17, 15) is 15.2 Å². The maximum Gasteiger partial charge on any atom is 0.252 e. The van der Waals surface area contributed by atoms with E-state index in [-0.39, 0.29) is 17.1 Å². The third kappa shape index (κ3) is 2.31. The second-order valence-corrected chi connectivity index (χ2v) is 6.81. The number of nitrogens with one attached hydrogen (secondary N) is 1. The van der Waals surface area contributed by atoms with Gasteiger partial charge in [-0.05, 0) is 17.7 Å². The molecule has 122 valence electrons. The zero-order valence-corrected chi connectivity index (χ0v) is 14.1. The lowest BCUT2D eigenvalue weighted by Crippen LogP contribution is -2.03. The highest BCUT2D eigenvalue weighted by molar-refractivity contribution is 7.25. The van der Waals surface area contributed by atoms with Crippen molar-refractivity contribution in [1.82, 2.24) is 9.97 Å². The molecule has 0 aliphatic carbocycles. The number of hydrogen-bond acceptors (Lipinski definition) is 6. The maximum atomic E-state index is 11.8. The summed E-state index contributed by atoms with van der Waals surface area (Å²) >= 11 is 7.15. The molecule has 3 aromatic heterocycles. The van der Waals surface area contributed by atoms with E-state index in [4.69, 9.17) is 17.3 Å². The number of benzene rings is 1. The number of nitrogens with zero attached hydrogens (tertiary/aromatic N) is 2. The molecule has 0 saturated heterocycles. The van der Waals surface area contributed by atoms with Gasteiger partial charge in [0.25, 0.3) is 5.56 Å². The summed E-state index contributed by atoms with van der Waals surface area (Å²) in [5.41, 5.74) is 7.42. The van der Waals surface area contributed by atoms with Gasteiger partial charge in [-0.3, -0.25) is 4.79 Å². The van der Waals surface area contributed by atoms with Crippen LogP contribution in [-0.2, 0) is 0 Å². The summed E-state index contributed by atoms with van der Waals surface area (Å²) in [4.78, 5) is 19.3. The van der Waals surface area contributed by atoms with Crippen LogP contribution in [0.1, 0.15) is 5.56 Å². The zero-order chi connectivity index (χ0) is 17.7. The first kappa shape index (κ1) is 15.4. The molecule has 0 fully saturated rings. The van der Waals surface area contributed by atoms with Crippen LogP contribution < -0.4 is 11.3 Å². The van der Waals surface area contributed by atoms with Gasteiger partial charge in [0.05, 0.1) is 10.2 Å². The molecule has 0 spiro atoms. The van der Waals surface area contributed by atoms with Crippen LogP contribution in [0.2, 0.25) is 5.02 Å². The van der Waals surface area contributed by atoms with Crippen molar-refractivity contribution in [3.05, 3.63) is 51.3 Å². The van der Waals surface area contributed by atoms with Crippen molar-refractivity contribution in [2.24, 2.45) is 0 Å². The van der Waals surface area contributed by atoms with Gasteiger partial charge in [0.2, 0.25) is 0 Å². The van der Waals surface area contributed by atoms with Crippen LogP contribution in [0.4, 0.5) is 5.82 Å². The minimum atomic E-state index is -0.443. The first-order valence-electron chi connectivity index (χ1n) is 7.13. The monoisotopic (exact) mass is 368 g/mol. The number of aromatic amines is 1. The number of thiophene rings is 1. The largest absolute Gasteiger partial charge is 0.506 e. The molecule has 0 bridgehead atoms. The SMILES string of the molecule is N#Cc1c(N)nc2sc3c(O)cc(=O)[nH]c3c2c1-c1ccc(Cl)cc1. The maximum absolute atomic E-state index is 11.8. The molecular weight excluding hydrogens is 360 g/mol. The van der Waals surface area contributed by atoms with Gasteiger partial charge in [0, 0.05) is 22.0 Å². The molecule has 4 aromatic rings. The van der Waals surface area contributed by atoms with E-state index in [0.29, 0.717) is 36.6 Å². The number of aromatic hydroxyl groups is 1. The van der Waals surface area contributed by atoms with E-state index in [1.54, 1.807) is 24.3 Å². The predicted octanol–water partition coefficient (Wildman–Crippen LogP) is 3.62. The molecule has 0 unspecified atom stereocenters. The standard InChI is InChI=1S/C17H9ClN4O2S/c18-8-3-1-7(2-4-8)12-9(6-19)16(20)22-17-13(12)14-15(25-17)10(23)5-11(24)21-14/h1-5H,(H2,20,22)(H2,21,23,24). The number of halogens is 1. The number of pyridine rings is 2. The Morgan fingerprint density at radius 1 is 1.32 bits per heavy atom. The molecule has 0 amide bonds. The molecule has 25 heavy (non-hydrogen) atoms. The molecule has 0 aliphatic heterocycles. The van der Waals surface area contributed by atoms with Crippen LogP contribution in [0.3, 0.4) is 0 Å². The number of aromatic nitrogens is 2. The highest BCUT2D eigenvalue weighted by Gasteiger charge is 2.21. The minimum Gasteiger partial charge on any atom is -0.506 e. The third-order valence-electron chi connectivity index (χ3n) is 3.86. The van der Waals surface area contributed by atoms with Crippen LogP contribution in [0, 0.1) is 11.3 Å². The average Bonchev–Trinajstić information content (AvgIpc) is 2.92. The molecule has 0 aliphatic rings. The van der Waals surface area contributed by atoms with Gasteiger partial charge in [-0.25, -0.2) is 4.98 Å². The summed E-state index contributed by atoms with van der Waals surface area (Å²) in [5, 5.41) is 20.8. The van der Waals surface area contributed by atoms with Crippen molar-refractivity contribution in [3.63, 3.8) is 0 Å². The summed E-state index contributed by atoms with van der Waals surface area (Å²) in [6.45, 7) is 0. The molecule has 4 N–H and O–H groups in total. The van der Waals surface area contributed by atoms with Crippen molar-refractivity contribution >= 4 is 49.2 Å². The number of anilines is 1. The second kappa shape index (κ2) is 5.48. The van der Waals surface area contributed by atoms with Crippen molar-refractivity contribution in [1.29, 1.82) is 5.26 Å². The highest BCUT2D eigenvalue weighted by Crippen LogP contribution is 2.43. The van der Waals surface area contributed by atoms with E-state index in [0.717, 1.165) is 6.07 Å². The normalized spacial score (nSPS) is 11.0. The molecule has 8 heteroatoms. The van der Waals surface area contributed by atoms with Gasteiger partial charge in [-0.2, -0.15) is 5.26 Å². The summed E-state index contributed by atoms with van der Waals surface area (Å²) in [7, 11) is 0. The number of rotatable bonds is 1. The Morgan fingerprint density at radius 2 is 2.04 bits per heavy atom. The summed E-state index contributed by atoms with van der Waals surface area (Å²) in [6.07, 6.45) is 0. The first-order valence-corrected chi connectivity index (χ1v) is 8.33. The molecule has 4 rings (SSSR count). The van der Waals surface area contributed by atoms with Gasteiger partial charge >= 0.3 is 0 Å². The Bertz CT molecular complexity index is 1250. The number of nitrogens with two attached hydrogens (primary N) is 1. The van der Waals surface area contributed by atoms with Crippen molar-refractivity contribution in [3.8, 4) is 22.9 Å². The van der Waals surface area contributed by atoms with Crippen molar-refractivity contribution < 1.29 is 5.11 Å². The smallest absolute Gasteiger partial charge is 0.252 e. The van der Waals surface area contributed by atoms with Crippen LogP contribution in [-0.4, -0.2) is 15.1 Å². The molecule has 1 aromatic carbocycles. The van der Waals surface area contributed by atoms with Crippen molar-refractivity contribution in [2.75, 3.05) is 5.73 Å². The Hall–Kier alpha value is -3.08. The third-order valence-corrected chi connectivity index (χ3v) is 5.22. The fourth-order valence-electron chi connectivity index (χ4n) is 2.82. The highest BCUT2D eigenvalue weighted by atomic mass is 35.5. The number of hydrogen-bond donors (Lipinski definition) is 3. The summed E-state index contributed by atoms with van der Waals surface area (Å²) in [6, 6.07) is 10.1. The van der Waals surface area contributed by atoms with Crippen LogP contribution >= 0.6 is 22.9 Å². The van der Waals surface area contributed by atoms with E-state index in [1.165, 1.54) is 11.3 Å². The number of nitriles is 1. The molecule has 3 heterocycles. The Labute approximate surface area is 149 Å². The van der Waals surface area contributed by atoms with Gasteiger partial charge < -0.3 is 15.8 Å². The lowest BCUT2D eigenvalue weighted by molar-refractivity contribution is 0.481. The molecular formula is C17H9ClN4O2S. The quantitative estimate of drug-likeness (QED) is 0.474. The zero-order valence-electron chi connectivity index (χ0n) is 12.5. The van der Waals surface area contributed by atoms with E-state index in [2.05, 4.69) is 16.0 Å². The topological polar surface area (TPSA) is 116 Å². The van der Waals surface area contributed by atoms with E-state index < -0.39 is 5.56 Å². The predicted molar refractivity (Wildman–Crippen MR) is 99.0 cm³/mol. The molecule has 6 nitrogen and oxygen atoms in total. The Kier molecular flexibility index (Phi) is 3.39. The minimum absolute atomic E-state index is 0.0911. The number of fused-ring (bicyclic) bond motifs is 3. The molecule has 0 saturated carbocycles. The fraction of sp³-hybridized carbons (Fsp3) is 0. The van der Waals surface area contributed by atoms with Gasteiger partial charge in [-0.1, -0.05) is 23.7 Å². The van der Waals surface area contributed by atoms with Crippen molar-refractivity contribution in [2.45, 2.75) is 0 Å². The van der Waals surface area contributed by atoms with Crippen LogP contribution in [0.5, 0.6) is 5.75 Å². The average molecular weight is 369 g/mol. The Balaban J connectivity index is 2.27. The summed E-state index contributed by atoms with van der Waals surface area (Å²) < 4.78 is 0.479. The lowest BCUT2D eigenvalue weighted by atomic mass is 9.97. The molecule has 0 atom stereocenters. The fourth-order valence-corrected chi connectivity index (χ4v) is 4.00. The van der Waals surface area contributed by atoms with Gasteiger partial charge in [0.1, 0.15) is 28.0 Å². The second-order valence-electron chi connectivity index (χ2n) is 5.37. The van der Waals surface area contributed by atoms with Crippen LogP contribution in [0.25, 0.3) is 31.6 Å². The number of H-pyrrole nitrogens is 1. The van der Waals surface area contributed by atoms with Crippen LogP contribution in [0.15, 0.2) is 35.1 Å². The first-order chi connectivity index (χ1) is 12.0. The number of nitrogen functional groups attached to an aromatic ring is 1. The Morgan fingerprint density at radius 3 is 2.72 bits per heavy atom. The molecule has 0 radical (unpaired) electrons. The van der Waals surface area contributed by atoms with E-state index in [1.807, 2.05) is 0 Å². The summed E-state index contributed by atoms with van der Waals surface area (Å²) in [5.74, 6) is -0.0470. The lowest BCUT2D eigenvalue weighted by Gasteiger charge is -2.09.